The Morgan fingerprint density at radius 2 is 2.15 bits per heavy atom. The molecule has 0 aromatic carbocycles. The highest BCUT2D eigenvalue weighted by atomic mass is 19.1. The van der Waals surface area contributed by atoms with Crippen LogP contribution in [0.15, 0.2) is 18.2 Å². The Morgan fingerprint density at radius 1 is 1.45 bits per heavy atom. The summed E-state index contributed by atoms with van der Waals surface area (Å²) in [7, 11) is 0. The summed E-state index contributed by atoms with van der Waals surface area (Å²) in [5.74, 6) is -0.355. The SMILES string of the molecule is Cc1ccc(F)c(C=CCCNC(=O)OC(C)(C)C)n1. The molecule has 110 valence electrons. The molecule has 1 aromatic rings. The fourth-order valence-electron chi connectivity index (χ4n) is 1.44. The van der Waals surface area contributed by atoms with Gasteiger partial charge in [0.25, 0.3) is 0 Å². The maximum atomic E-state index is 13.4. The Morgan fingerprint density at radius 3 is 2.80 bits per heavy atom. The predicted octanol–water partition coefficient (Wildman–Crippen LogP) is 3.46. The summed E-state index contributed by atoms with van der Waals surface area (Å²) in [6.07, 6.45) is 3.50. The van der Waals surface area contributed by atoms with Gasteiger partial charge in [0, 0.05) is 12.2 Å². The molecule has 1 heterocycles. The number of aryl methyl sites for hydroxylation is 1. The van der Waals surface area contributed by atoms with Crippen molar-refractivity contribution in [2.75, 3.05) is 6.54 Å². The molecular weight excluding hydrogens is 259 g/mol. The molecule has 1 aromatic heterocycles. The number of hydrogen-bond acceptors (Lipinski definition) is 3. The Hall–Kier alpha value is -1.91. The highest BCUT2D eigenvalue weighted by molar-refractivity contribution is 5.67. The lowest BCUT2D eigenvalue weighted by atomic mass is 10.2. The Balaban J connectivity index is 2.36. The Kier molecular flexibility index (Phi) is 5.67. The van der Waals surface area contributed by atoms with E-state index in [2.05, 4.69) is 10.3 Å². The molecule has 0 spiro atoms. The van der Waals surface area contributed by atoms with Gasteiger partial charge in [-0.3, -0.25) is 4.98 Å². The third kappa shape index (κ3) is 6.31. The largest absolute Gasteiger partial charge is 0.444 e. The summed E-state index contributed by atoms with van der Waals surface area (Å²) in [5.41, 5.74) is 0.564. The Labute approximate surface area is 119 Å². The molecule has 0 saturated heterocycles. The van der Waals surface area contributed by atoms with Crippen molar-refractivity contribution in [1.82, 2.24) is 10.3 Å². The molecule has 0 aliphatic carbocycles. The van der Waals surface area contributed by atoms with Crippen LogP contribution < -0.4 is 5.32 Å². The van der Waals surface area contributed by atoms with Crippen LogP contribution in [0.1, 0.15) is 38.6 Å². The molecule has 0 atom stereocenters. The minimum atomic E-state index is -0.505. The van der Waals surface area contributed by atoms with Gasteiger partial charge >= 0.3 is 6.09 Å². The van der Waals surface area contributed by atoms with Crippen molar-refractivity contribution in [3.63, 3.8) is 0 Å². The first-order valence-corrected chi connectivity index (χ1v) is 6.54. The number of alkyl carbamates (subject to hydrolysis) is 1. The average Bonchev–Trinajstić information content (AvgIpc) is 2.30. The number of nitrogens with one attached hydrogen (secondary N) is 1. The van der Waals surface area contributed by atoms with Crippen LogP contribution in [0.25, 0.3) is 6.08 Å². The number of ether oxygens (including phenoxy) is 1. The lowest BCUT2D eigenvalue weighted by molar-refractivity contribution is 0.0529. The summed E-state index contributed by atoms with van der Waals surface area (Å²) in [6.45, 7) is 7.65. The molecular formula is C15H21FN2O2. The van der Waals surface area contributed by atoms with Crippen molar-refractivity contribution in [3.8, 4) is 0 Å². The van der Waals surface area contributed by atoms with E-state index in [4.69, 9.17) is 4.74 Å². The lowest BCUT2D eigenvalue weighted by Crippen LogP contribution is -2.32. The van der Waals surface area contributed by atoms with E-state index < -0.39 is 11.7 Å². The van der Waals surface area contributed by atoms with Crippen molar-refractivity contribution in [1.29, 1.82) is 0 Å². The van der Waals surface area contributed by atoms with Crippen LogP contribution in [0.4, 0.5) is 9.18 Å². The van der Waals surface area contributed by atoms with Gasteiger partial charge in [0.2, 0.25) is 0 Å². The van der Waals surface area contributed by atoms with E-state index >= 15 is 0 Å². The Bertz CT molecular complexity index is 493. The van der Waals surface area contributed by atoms with Crippen LogP contribution in [0.3, 0.4) is 0 Å². The smallest absolute Gasteiger partial charge is 0.407 e. The van der Waals surface area contributed by atoms with Gasteiger partial charge in [0.1, 0.15) is 11.4 Å². The summed E-state index contributed by atoms with van der Waals surface area (Å²) < 4.78 is 18.5. The highest BCUT2D eigenvalue weighted by Crippen LogP contribution is 2.08. The first-order chi connectivity index (χ1) is 9.28. The normalized spacial score (nSPS) is 11.7. The molecule has 0 saturated carbocycles. The van der Waals surface area contributed by atoms with Crippen LogP contribution in [-0.4, -0.2) is 23.2 Å². The molecule has 1 rings (SSSR count). The summed E-state index contributed by atoms with van der Waals surface area (Å²) in [6, 6.07) is 3.01. The average molecular weight is 280 g/mol. The van der Waals surface area contributed by atoms with E-state index in [0.29, 0.717) is 18.7 Å². The van der Waals surface area contributed by atoms with Crippen LogP contribution >= 0.6 is 0 Å². The molecule has 0 fully saturated rings. The van der Waals surface area contributed by atoms with Gasteiger partial charge in [-0.2, -0.15) is 0 Å². The molecule has 4 nitrogen and oxygen atoms in total. The molecule has 0 unspecified atom stereocenters. The van der Waals surface area contributed by atoms with Crippen molar-refractivity contribution >= 4 is 12.2 Å². The monoisotopic (exact) mass is 280 g/mol. The van der Waals surface area contributed by atoms with Gasteiger partial charge in [-0.1, -0.05) is 6.08 Å². The number of halogens is 1. The van der Waals surface area contributed by atoms with Gasteiger partial charge in [-0.15, -0.1) is 0 Å². The van der Waals surface area contributed by atoms with E-state index in [1.54, 1.807) is 45.9 Å². The van der Waals surface area contributed by atoms with E-state index in [0.717, 1.165) is 5.69 Å². The third-order valence-electron chi connectivity index (χ3n) is 2.27. The quantitative estimate of drug-likeness (QED) is 0.859. The number of amides is 1. The second-order valence-corrected chi connectivity index (χ2v) is 5.44. The molecule has 0 radical (unpaired) electrons. The number of hydrogen-bond donors (Lipinski definition) is 1. The van der Waals surface area contributed by atoms with Crippen LogP contribution in [0.5, 0.6) is 0 Å². The van der Waals surface area contributed by atoms with Gasteiger partial charge in [-0.05, 0) is 52.3 Å². The number of aromatic nitrogens is 1. The van der Waals surface area contributed by atoms with Crippen LogP contribution in [0, 0.1) is 12.7 Å². The molecule has 20 heavy (non-hydrogen) atoms. The predicted molar refractivity (Wildman–Crippen MR) is 76.8 cm³/mol. The fourth-order valence-corrected chi connectivity index (χ4v) is 1.44. The van der Waals surface area contributed by atoms with E-state index in [-0.39, 0.29) is 5.82 Å². The molecule has 0 aliphatic rings. The maximum Gasteiger partial charge on any atom is 0.407 e. The molecule has 1 amide bonds. The first kappa shape index (κ1) is 16.1. The zero-order valence-electron chi connectivity index (χ0n) is 12.4. The first-order valence-electron chi connectivity index (χ1n) is 6.54. The van der Waals surface area contributed by atoms with E-state index in [1.165, 1.54) is 6.07 Å². The summed E-state index contributed by atoms with van der Waals surface area (Å²) in [4.78, 5) is 15.4. The van der Waals surface area contributed by atoms with E-state index in [9.17, 15) is 9.18 Å². The minimum absolute atomic E-state index is 0.308. The number of pyridine rings is 1. The van der Waals surface area contributed by atoms with Gasteiger partial charge in [0.15, 0.2) is 0 Å². The van der Waals surface area contributed by atoms with Crippen LogP contribution in [0.2, 0.25) is 0 Å². The number of carbonyl (C=O) groups is 1. The van der Waals surface area contributed by atoms with Gasteiger partial charge < -0.3 is 10.1 Å². The van der Waals surface area contributed by atoms with E-state index in [1.807, 2.05) is 0 Å². The fraction of sp³-hybridized carbons (Fsp3) is 0.467. The van der Waals surface area contributed by atoms with Crippen molar-refractivity contribution in [2.24, 2.45) is 0 Å². The number of carbonyl (C=O) groups excluding carboxylic acids is 1. The highest BCUT2D eigenvalue weighted by Gasteiger charge is 2.15. The zero-order chi connectivity index (χ0) is 15.2. The zero-order valence-corrected chi connectivity index (χ0v) is 12.4. The third-order valence-corrected chi connectivity index (χ3v) is 2.27. The summed E-state index contributed by atoms with van der Waals surface area (Å²) >= 11 is 0. The molecule has 0 aliphatic heterocycles. The molecule has 5 heteroatoms. The maximum absolute atomic E-state index is 13.4. The number of nitrogens with zero attached hydrogens (tertiary/aromatic N) is 1. The molecule has 0 bridgehead atoms. The second-order valence-electron chi connectivity index (χ2n) is 5.44. The van der Waals surface area contributed by atoms with Crippen LogP contribution in [-0.2, 0) is 4.74 Å². The van der Waals surface area contributed by atoms with Crippen molar-refractivity contribution < 1.29 is 13.9 Å². The van der Waals surface area contributed by atoms with Gasteiger partial charge in [0.05, 0.1) is 5.69 Å². The summed E-state index contributed by atoms with van der Waals surface area (Å²) in [5, 5.41) is 2.62. The van der Waals surface area contributed by atoms with Crippen molar-refractivity contribution in [2.45, 2.75) is 39.7 Å². The minimum Gasteiger partial charge on any atom is -0.444 e. The molecule has 1 N–H and O–H groups in total. The lowest BCUT2D eigenvalue weighted by Gasteiger charge is -2.19. The number of rotatable bonds is 4. The van der Waals surface area contributed by atoms with Crippen molar-refractivity contribution in [3.05, 3.63) is 35.4 Å². The van der Waals surface area contributed by atoms with Gasteiger partial charge in [-0.25, -0.2) is 9.18 Å². The second kappa shape index (κ2) is 7.03. The topological polar surface area (TPSA) is 51.2 Å². The standard InChI is InChI=1S/C15H21FN2O2/c1-11-8-9-12(16)13(18-11)7-5-6-10-17-14(19)20-15(2,3)4/h5,7-9H,6,10H2,1-4H3,(H,17,19).